The van der Waals surface area contributed by atoms with E-state index in [1.807, 2.05) is 12.1 Å². The maximum Gasteiger partial charge on any atom is 0.258 e. The van der Waals surface area contributed by atoms with Gasteiger partial charge in [0.1, 0.15) is 11.3 Å². The molecule has 3 aromatic carbocycles. The van der Waals surface area contributed by atoms with Crippen LogP contribution in [0, 0.1) is 3.57 Å². The number of halogens is 2. The summed E-state index contributed by atoms with van der Waals surface area (Å²) in [6.07, 6.45) is 0. The highest BCUT2D eigenvalue weighted by molar-refractivity contribution is 14.1. The summed E-state index contributed by atoms with van der Waals surface area (Å²) >= 11 is 10.7. The molecule has 0 aliphatic carbocycles. The van der Waals surface area contributed by atoms with E-state index in [-0.39, 0.29) is 16.8 Å². The number of fused-ring (bicyclic) bond motifs is 1. The molecule has 0 atom stereocenters. The SMILES string of the molecule is O=C(NC(=S)Nc1ccc2oc(-c3ccc(O)c(Br)c3)nc2c1)c1ccccc1I. The summed E-state index contributed by atoms with van der Waals surface area (Å²) in [6.45, 7) is 0. The van der Waals surface area contributed by atoms with E-state index in [1.54, 1.807) is 48.5 Å². The lowest BCUT2D eigenvalue weighted by Crippen LogP contribution is -2.34. The topological polar surface area (TPSA) is 87.4 Å². The molecule has 150 valence electrons. The molecule has 0 fully saturated rings. The highest BCUT2D eigenvalue weighted by Gasteiger charge is 2.13. The summed E-state index contributed by atoms with van der Waals surface area (Å²) in [6, 6.07) is 17.6. The Labute approximate surface area is 199 Å². The van der Waals surface area contributed by atoms with Crippen LogP contribution in [0.4, 0.5) is 5.69 Å². The molecule has 4 rings (SSSR count). The first-order valence-electron chi connectivity index (χ1n) is 8.67. The molecule has 1 amide bonds. The van der Waals surface area contributed by atoms with Crippen LogP contribution >= 0.6 is 50.7 Å². The third kappa shape index (κ3) is 4.47. The zero-order chi connectivity index (χ0) is 21.3. The molecule has 0 unspecified atom stereocenters. The van der Waals surface area contributed by atoms with Crippen molar-refractivity contribution in [3.05, 3.63) is 74.3 Å². The Morgan fingerprint density at radius 1 is 1.13 bits per heavy atom. The van der Waals surface area contributed by atoms with Crippen LogP contribution in [0.2, 0.25) is 0 Å². The number of phenolic OH excluding ortho intramolecular Hbond substituents is 1. The van der Waals surface area contributed by atoms with E-state index in [1.165, 1.54) is 0 Å². The third-order valence-corrected chi connectivity index (χ3v) is 5.97. The van der Waals surface area contributed by atoms with Gasteiger partial charge in [0.05, 0.1) is 10.0 Å². The highest BCUT2D eigenvalue weighted by Crippen LogP contribution is 2.31. The number of aromatic hydroxyl groups is 1. The fourth-order valence-corrected chi connectivity index (χ4v) is 3.97. The first-order valence-corrected chi connectivity index (χ1v) is 10.9. The second-order valence-corrected chi connectivity index (χ2v) is 8.68. The van der Waals surface area contributed by atoms with Gasteiger partial charge < -0.3 is 14.8 Å². The molecule has 0 bridgehead atoms. The lowest BCUT2D eigenvalue weighted by atomic mass is 10.2. The van der Waals surface area contributed by atoms with Crippen molar-refractivity contribution in [2.45, 2.75) is 0 Å². The van der Waals surface area contributed by atoms with E-state index in [9.17, 15) is 9.90 Å². The Morgan fingerprint density at radius 2 is 1.93 bits per heavy atom. The van der Waals surface area contributed by atoms with Gasteiger partial charge in [-0.3, -0.25) is 10.1 Å². The van der Waals surface area contributed by atoms with E-state index < -0.39 is 0 Å². The molecule has 0 aliphatic heterocycles. The largest absolute Gasteiger partial charge is 0.507 e. The van der Waals surface area contributed by atoms with Gasteiger partial charge in [-0.25, -0.2) is 4.98 Å². The van der Waals surface area contributed by atoms with Crippen LogP contribution in [0.25, 0.3) is 22.6 Å². The number of hydrogen-bond acceptors (Lipinski definition) is 5. The Hall–Kier alpha value is -2.50. The van der Waals surface area contributed by atoms with E-state index in [0.717, 1.165) is 9.13 Å². The Kier molecular flexibility index (Phi) is 6.02. The minimum atomic E-state index is -0.278. The van der Waals surface area contributed by atoms with Gasteiger partial charge in [-0.2, -0.15) is 0 Å². The second-order valence-electron chi connectivity index (χ2n) is 6.26. The zero-order valence-electron chi connectivity index (χ0n) is 15.1. The number of carbonyl (C=O) groups excluding carboxylic acids is 1. The molecular formula is C21H13BrIN3O3S. The van der Waals surface area contributed by atoms with Crippen LogP contribution in [-0.4, -0.2) is 21.1 Å². The molecule has 3 N–H and O–H groups in total. The van der Waals surface area contributed by atoms with E-state index in [0.29, 0.717) is 32.7 Å². The molecule has 0 aliphatic rings. The van der Waals surface area contributed by atoms with Crippen molar-refractivity contribution in [1.82, 2.24) is 10.3 Å². The van der Waals surface area contributed by atoms with Gasteiger partial charge in [0.25, 0.3) is 5.91 Å². The van der Waals surface area contributed by atoms with E-state index in [4.69, 9.17) is 16.6 Å². The number of aromatic nitrogens is 1. The summed E-state index contributed by atoms with van der Waals surface area (Å²) in [5.41, 5.74) is 3.19. The third-order valence-electron chi connectivity index (χ3n) is 4.19. The predicted octanol–water partition coefficient (Wildman–Crippen LogP) is 5.69. The Balaban J connectivity index is 1.51. The van der Waals surface area contributed by atoms with E-state index >= 15 is 0 Å². The van der Waals surface area contributed by atoms with Crippen LogP contribution < -0.4 is 10.6 Å². The maximum absolute atomic E-state index is 12.4. The number of benzene rings is 3. The van der Waals surface area contributed by atoms with Gasteiger partial charge in [0.15, 0.2) is 10.7 Å². The summed E-state index contributed by atoms with van der Waals surface area (Å²) < 4.78 is 7.19. The lowest BCUT2D eigenvalue weighted by Gasteiger charge is -2.10. The molecule has 0 saturated heterocycles. The number of rotatable bonds is 3. The highest BCUT2D eigenvalue weighted by atomic mass is 127. The first kappa shape index (κ1) is 20.8. The van der Waals surface area contributed by atoms with E-state index in [2.05, 4.69) is 54.1 Å². The van der Waals surface area contributed by atoms with Gasteiger partial charge >= 0.3 is 0 Å². The van der Waals surface area contributed by atoms with Crippen LogP contribution in [0.1, 0.15) is 10.4 Å². The normalized spacial score (nSPS) is 10.7. The monoisotopic (exact) mass is 593 g/mol. The molecule has 6 nitrogen and oxygen atoms in total. The van der Waals surface area contributed by atoms with Crippen molar-refractivity contribution in [2.24, 2.45) is 0 Å². The lowest BCUT2D eigenvalue weighted by molar-refractivity contribution is 0.0977. The number of amides is 1. The molecule has 1 aromatic heterocycles. The van der Waals surface area contributed by atoms with Crippen LogP contribution in [0.3, 0.4) is 0 Å². The number of carbonyl (C=O) groups is 1. The number of thiocarbonyl (C=S) groups is 1. The number of hydrogen-bond donors (Lipinski definition) is 3. The van der Waals surface area contributed by atoms with Crippen LogP contribution in [-0.2, 0) is 0 Å². The van der Waals surface area contributed by atoms with Crippen LogP contribution in [0.15, 0.2) is 69.6 Å². The maximum atomic E-state index is 12.4. The summed E-state index contributed by atoms with van der Waals surface area (Å²) in [5.74, 6) is 0.291. The minimum Gasteiger partial charge on any atom is -0.507 e. The molecule has 0 spiro atoms. The molecule has 4 aromatic rings. The summed E-state index contributed by atoms with van der Waals surface area (Å²) in [5, 5.41) is 15.5. The molecule has 0 saturated carbocycles. The zero-order valence-corrected chi connectivity index (χ0v) is 19.7. The molecule has 9 heteroatoms. The number of nitrogens with one attached hydrogen (secondary N) is 2. The Morgan fingerprint density at radius 3 is 2.70 bits per heavy atom. The van der Waals surface area contributed by atoms with Gasteiger partial charge in [-0.05, 0) is 99.3 Å². The fourth-order valence-electron chi connectivity index (χ4n) is 2.75. The fraction of sp³-hybridized carbons (Fsp3) is 0. The van der Waals surface area contributed by atoms with Crippen molar-refractivity contribution < 1.29 is 14.3 Å². The number of anilines is 1. The smallest absolute Gasteiger partial charge is 0.258 e. The molecular weight excluding hydrogens is 581 g/mol. The average molecular weight is 594 g/mol. The first-order chi connectivity index (χ1) is 14.4. The van der Waals surface area contributed by atoms with Crippen molar-refractivity contribution in [2.75, 3.05) is 5.32 Å². The number of oxazole rings is 1. The number of phenols is 1. The van der Waals surface area contributed by atoms with Crippen molar-refractivity contribution in [3.63, 3.8) is 0 Å². The van der Waals surface area contributed by atoms with Gasteiger partial charge in [-0.1, -0.05) is 12.1 Å². The Bertz CT molecular complexity index is 1290. The predicted molar refractivity (Wildman–Crippen MR) is 132 cm³/mol. The molecule has 30 heavy (non-hydrogen) atoms. The van der Waals surface area contributed by atoms with Crippen LogP contribution in [0.5, 0.6) is 5.75 Å². The van der Waals surface area contributed by atoms with Crippen molar-refractivity contribution >= 4 is 78.5 Å². The van der Waals surface area contributed by atoms with Crippen molar-refractivity contribution in [3.8, 4) is 17.2 Å². The summed E-state index contributed by atoms with van der Waals surface area (Å²) in [4.78, 5) is 16.9. The number of nitrogens with zero attached hydrogens (tertiary/aromatic N) is 1. The van der Waals surface area contributed by atoms with Gasteiger partial charge in [0, 0.05) is 14.8 Å². The summed E-state index contributed by atoms with van der Waals surface area (Å²) in [7, 11) is 0. The minimum absolute atomic E-state index is 0.141. The molecule has 0 radical (unpaired) electrons. The van der Waals surface area contributed by atoms with Gasteiger partial charge in [0.2, 0.25) is 5.89 Å². The second kappa shape index (κ2) is 8.70. The van der Waals surface area contributed by atoms with Crippen molar-refractivity contribution in [1.29, 1.82) is 0 Å². The average Bonchev–Trinajstić information content (AvgIpc) is 3.13. The molecule has 1 heterocycles. The quantitative estimate of drug-likeness (QED) is 0.209. The standard InChI is InChI=1S/C21H13BrIN3O3S/c22-14-9-11(5-7-17(14)27)20-25-16-10-12(6-8-18(16)29-20)24-21(30)26-19(28)13-3-1-2-4-15(13)23/h1-10,27H,(H2,24,26,28,30). The van der Waals surface area contributed by atoms with Gasteiger partial charge in [-0.15, -0.1) is 0 Å².